The summed E-state index contributed by atoms with van der Waals surface area (Å²) in [6, 6.07) is 4.35. The van der Waals surface area contributed by atoms with Crippen molar-refractivity contribution in [2.75, 3.05) is 5.33 Å². The second-order valence-electron chi connectivity index (χ2n) is 4.08. The molecule has 1 aromatic carbocycles. The van der Waals surface area contributed by atoms with Gasteiger partial charge in [0.1, 0.15) is 0 Å². The Morgan fingerprint density at radius 1 is 1.53 bits per heavy atom. The predicted octanol–water partition coefficient (Wildman–Crippen LogP) is 3.63. The molecular weight excluding hydrogens is 308 g/mol. The SMILES string of the molecule is CC(C)C(CBr)NC(=O)c1cccc(Cl)c1F. The summed E-state index contributed by atoms with van der Waals surface area (Å²) in [5.74, 6) is -0.854. The Kier molecular flexibility index (Phi) is 5.40. The van der Waals surface area contributed by atoms with Gasteiger partial charge in [-0.05, 0) is 18.1 Å². The van der Waals surface area contributed by atoms with Crippen molar-refractivity contribution in [2.45, 2.75) is 19.9 Å². The third-order valence-corrected chi connectivity index (χ3v) is 3.47. The van der Waals surface area contributed by atoms with E-state index in [2.05, 4.69) is 21.2 Å². The quantitative estimate of drug-likeness (QED) is 0.843. The van der Waals surface area contributed by atoms with E-state index in [9.17, 15) is 9.18 Å². The molecule has 1 rings (SSSR count). The average molecular weight is 323 g/mol. The third-order valence-electron chi connectivity index (χ3n) is 2.48. The van der Waals surface area contributed by atoms with E-state index in [-0.39, 0.29) is 22.5 Å². The van der Waals surface area contributed by atoms with Crippen LogP contribution in [0.5, 0.6) is 0 Å². The summed E-state index contributed by atoms with van der Waals surface area (Å²) < 4.78 is 13.6. The highest BCUT2D eigenvalue weighted by Crippen LogP contribution is 2.18. The zero-order valence-corrected chi connectivity index (χ0v) is 12.0. The van der Waals surface area contributed by atoms with Crippen molar-refractivity contribution < 1.29 is 9.18 Å². The van der Waals surface area contributed by atoms with Crippen LogP contribution in [-0.2, 0) is 0 Å². The molecule has 1 unspecified atom stereocenters. The van der Waals surface area contributed by atoms with Gasteiger partial charge in [-0.3, -0.25) is 4.79 Å². The number of benzene rings is 1. The molecule has 17 heavy (non-hydrogen) atoms. The van der Waals surface area contributed by atoms with E-state index in [1.54, 1.807) is 6.07 Å². The molecule has 1 atom stereocenters. The van der Waals surface area contributed by atoms with E-state index >= 15 is 0 Å². The lowest BCUT2D eigenvalue weighted by molar-refractivity contribution is 0.0927. The van der Waals surface area contributed by atoms with Gasteiger partial charge >= 0.3 is 0 Å². The highest BCUT2D eigenvalue weighted by Gasteiger charge is 2.19. The van der Waals surface area contributed by atoms with Gasteiger partial charge in [0, 0.05) is 11.4 Å². The topological polar surface area (TPSA) is 29.1 Å². The number of halogens is 3. The first-order valence-corrected chi connectivity index (χ1v) is 6.78. The van der Waals surface area contributed by atoms with Gasteiger partial charge in [-0.2, -0.15) is 0 Å². The second-order valence-corrected chi connectivity index (χ2v) is 5.13. The van der Waals surface area contributed by atoms with Gasteiger partial charge in [0.15, 0.2) is 5.82 Å². The standard InChI is InChI=1S/C12H14BrClFNO/c1-7(2)10(6-13)16-12(17)8-4-3-5-9(14)11(8)15/h3-5,7,10H,6H2,1-2H3,(H,16,17). The molecule has 0 aliphatic rings. The number of nitrogens with one attached hydrogen (secondary N) is 1. The summed E-state index contributed by atoms with van der Waals surface area (Å²) in [7, 11) is 0. The zero-order valence-electron chi connectivity index (χ0n) is 9.64. The minimum atomic E-state index is -0.677. The van der Waals surface area contributed by atoms with Gasteiger partial charge in [0.25, 0.3) is 5.91 Å². The molecule has 1 amide bonds. The number of hydrogen-bond donors (Lipinski definition) is 1. The molecule has 0 aliphatic carbocycles. The van der Waals surface area contributed by atoms with E-state index in [1.165, 1.54) is 12.1 Å². The minimum absolute atomic E-state index is 0.0240. The van der Waals surface area contributed by atoms with Crippen LogP contribution in [0, 0.1) is 11.7 Å². The van der Waals surface area contributed by atoms with Crippen LogP contribution >= 0.6 is 27.5 Å². The van der Waals surface area contributed by atoms with Crippen molar-refractivity contribution >= 4 is 33.4 Å². The molecule has 0 saturated heterocycles. The van der Waals surface area contributed by atoms with E-state index in [4.69, 9.17) is 11.6 Å². The molecular formula is C12H14BrClFNO. The molecule has 0 fully saturated rings. The van der Waals surface area contributed by atoms with Gasteiger partial charge < -0.3 is 5.32 Å². The van der Waals surface area contributed by atoms with Crippen molar-refractivity contribution in [2.24, 2.45) is 5.92 Å². The normalized spacial score (nSPS) is 12.6. The van der Waals surface area contributed by atoms with Gasteiger partial charge in [0.2, 0.25) is 0 Å². The van der Waals surface area contributed by atoms with Crippen LogP contribution in [0.3, 0.4) is 0 Å². The molecule has 1 aromatic rings. The van der Waals surface area contributed by atoms with Crippen molar-refractivity contribution in [3.05, 3.63) is 34.6 Å². The van der Waals surface area contributed by atoms with Crippen LogP contribution in [0.1, 0.15) is 24.2 Å². The van der Waals surface area contributed by atoms with Crippen molar-refractivity contribution in [1.82, 2.24) is 5.32 Å². The summed E-state index contributed by atoms with van der Waals surface area (Å²) in [6.45, 7) is 3.97. The summed E-state index contributed by atoms with van der Waals surface area (Å²) in [6.07, 6.45) is 0. The first-order valence-electron chi connectivity index (χ1n) is 5.28. The number of carbonyl (C=O) groups excluding carboxylic acids is 1. The van der Waals surface area contributed by atoms with Crippen molar-refractivity contribution in [3.63, 3.8) is 0 Å². The molecule has 0 spiro atoms. The average Bonchev–Trinajstić information content (AvgIpc) is 2.28. The molecule has 5 heteroatoms. The van der Waals surface area contributed by atoms with Crippen LogP contribution in [0.2, 0.25) is 5.02 Å². The Morgan fingerprint density at radius 3 is 2.71 bits per heavy atom. The van der Waals surface area contributed by atoms with Gasteiger partial charge in [0.05, 0.1) is 10.6 Å². The number of amides is 1. The van der Waals surface area contributed by atoms with Crippen LogP contribution in [0.15, 0.2) is 18.2 Å². The van der Waals surface area contributed by atoms with Gasteiger partial charge in [-0.25, -0.2) is 4.39 Å². The lowest BCUT2D eigenvalue weighted by atomic mass is 10.1. The Labute approximate surface area is 114 Å². The smallest absolute Gasteiger partial charge is 0.254 e. The molecule has 0 aliphatic heterocycles. The van der Waals surface area contributed by atoms with E-state index in [1.807, 2.05) is 13.8 Å². The van der Waals surface area contributed by atoms with Crippen molar-refractivity contribution in [3.8, 4) is 0 Å². The molecule has 2 nitrogen and oxygen atoms in total. The highest BCUT2D eigenvalue weighted by atomic mass is 79.9. The number of alkyl halides is 1. The maximum Gasteiger partial charge on any atom is 0.254 e. The van der Waals surface area contributed by atoms with E-state index < -0.39 is 11.7 Å². The minimum Gasteiger partial charge on any atom is -0.348 e. The zero-order chi connectivity index (χ0) is 13.0. The fourth-order valence-corrected chi connectivity index (χ4v) is 2.39. The van der Waals surface area contributed by atoms with Crippen LogP contribution in [0.25, 0.3) is 0 Å². The van der Waals surface area contributed by atoms with E-state index in [0.29, 0.717) is 5.33 Å². The van der Waals surface area contributed by atoms with Crippen LogP contribution in [0.4, 0.5) is 4.39 Å². The van der Waals surface area contributed by atoms with Gasteiger partial charge in [-0.1, -0.05) is 47.4 Å². The molecule has 0 radical (unpaired) electrons. The maximum absolute atomic E-state index is 13.6. The lowest BCUT2D eigenvalue weighted by Gasteiger charge is -2.20. The summed E-state index contributed by atoms with van der Waals surface area (Å²) in [5, 5.41) is 3.35. The number of hydrogen-bond acceptors (Lipinski definition) is 1. The lowest BCUT2D eigenvalue weighted by Crippen LogP contribution is -2.40. The molecule has 0 saturated carbocycles. The number of rotatable bonds is 4. The molecule has 1 N–H and O–H groups in total. The molecule has 0 heterocycles. The molecule has 94 valence electrons. The highest BCUT2D eigenvalue weighted by molar-refractivity contribution is 9.09. The van der Waals surface area contributed by atoms with Crippen LogP contribution < -0.4 is 5.32 Å². The summed E-state index contributed by atoms with van der Waals surface area (Å²) in [4.78, 5) is 11.9. The fraction of sp³-hybridized carbons (Fsp3) is 0.417. The maximum atomic E-state index is 13.6. The monoisotopic (exact) mass is 321 g/mol. The Hall–Kier alpha value is -0.610. The van der Waals surface area contributed by atoms with Gasteiger partial charge in [-0.15, -0.1) is 0 Å². The van der Waals surface area contributed by atoms with Crippen molar-refractivity contribution in [1.29, 1.82) is 0 Å². The summed E-state index contributed by atoms with van der Waals surface area (Å²) >= 11 is 8.94. The van der Waals surface area contributed by atoms with E-state index in [0.717, 1.165) is 0 Å². The predicted molar refractivity (Wildman–Crippen MR) is 71.3 cm³/mol. The molecule has 0 bridgehead atoms. The fourth-order valence-electron chi connectivity index (χ4n) is 1.31. The molecule has 0 aromatic heterocycles. The Morgan fingerprint density at radius 2 is 2.18 bits per heavy atom. The second kappa shape index (κ2) is 6.36. The summed E-state index contributed by atoms with van der Waals surface area (Å²) in [5.41, 5.74) is -0.0240. The Bertz CT molecular complexity index is 411. The van der Waals surface area contributed by atoms with Crippen LogP contribution in [-0.4, -0.2) is 17.3 Å². The number of carbonyl (C=O) groups is 1. The third kappa shape index (κ3) is 3.68. The first-order chi connectivity index (χ1) is 7.97. The largest absolute Gasteiger partial charge is 0.348 e. The Balaban J connectivity index is 2.86. The first kappa shape index (κ1) is 14.5.